The van der Waals surface area contributed by atoms with E-state index < -0.39 is 0 Å². The van der Waals surface area contributed by atoms with Crippen LogP contribution in [0.3, 0.4) is 0 Å². The van der Waals surface area contributed by atoms with E-state index in [0.29, 0.717) is 24.2 Å². The Morgan fingerprint density at radius 2 is 2.25 bits per heavy atom. The number of aliphatic hydroxyl groups excluding tert-OH is 1. The molecule has 0 spiro atoms. The smallest absolute Gasteiger partial charge is 0.259 e. The zero-order valence-electron chi connectivity index (χ0n) is 14.0. The number of aryl methyl sites for hydroxylation is 1. The van der Waals surface area contributed by atoms with E-state index in [1.807, 2.05) is 18.0 Å². The summed E-state index contributed by atoms with van der Waals surface area (Å²) in [4.78, 5) is 19.3. The van der Waals surface area contributed by atoms with Gasteiger partial charge < -0.3 is 14.7 Å². The summed E-state index contributed by atoms with van der Waals surface area (Å²) >= 11 is 0. The van der Waals surface area contributed by atoms with E-state index in [1.165, 1.54) is 0 Å². The second kappa shape index (κ2) is 5.53. The third kappa shape index (κ3) is 2.22. The summed E-state index contributed by atoms with van der Waals surface area (Å²) in [6.45, 7) is 2.57. The molecule has 2 aliphatic rings. The first-order valence-corrected chi connectivity index (χ1v) is 8.38. The van der Waals surface area contributed by atoms with Gasteiger partial charge in [0.05, 0.1) is 23.9 Å². The topological polar surface area (TPSA) is 80.0 Å². The highest BCUT2D eigenvalue weighted by atomic mass is 16.5. The van der Waals surface area contributed by atoms with Gasteiger partial charge in [-0.25, -0.2) is 9.50 Å². The molecule has 7 nitrogen and oxygen atoms in total. The monoisotopic (exact) mass is 330 g/mol. The Morgan fingerprint density at radius 3 is 3.04 bits per heavy atom. The summed E-state index contributed by atoms with van der Waals surface area (Å²) in [6.07, 6.45) is 7.67. The van der Waals surface area contributed by atoms with Gasteiger partial charge >= 0.3 is 0 Å². The molecule has 1 aliphatic heterocycles. The van der Waals surface area contributed by atoms with Crippen LogP contribution in [0.15, 0.2) is 18.6 Å². The molecular weight excluding hydrogens is 308 g/mol. The van der Waals surface area contributed by atoms with E-state index in [-0.39, 0.29) is 23.7 Å². The zero-order chi connectivity index (χ0) is 16.9. The summed E-state index contributed by atoms with van der Waals surface area (Å²) in [5.41, 5.74) is 1.72. The van der Waals surface area contributed by atoms with E-state index in [2.05, 4.69) is 10.1 Å². The van der Waals surface area contributed by atoms with Crippen molar-refractivity contribution in [2.45, 2.75) is 50.4 Å². The summed E-state index contributed by atoms with van der Waals surface area (Å²) in [7, 11) is 1.71. The normalized spacial score (nSPS) is 29.9. The molecule has 2 aromatic rings. The molecule has 3 heterocycles. The number of carbonyl (C=O) groups excluding carboxylic acids is 1. The third-order valence-corrected chi connectivity index (χ3v) is 5.54. The highest BCUT2D eigenvalue weighted by Gasteiger charge is 2.52. The highest BCUT2D eigenvalue weighted by molar-refractivity contribution is 6.00. The maximum Gasteiger partial charge on any atom is 0.259 e. The van der Waals surface area contributed by atoms with Gasteiger partial charge in [-0.3, -0.25) is 4.79 Å². The fraction of sp³-hybridized carbons (Fsp3) is 0.588. The van der Waals surface area contributed by atoms with Crippen LogP contribution in [0.25, 0.3) is 5.65 Å². The molecular formula is C17H22N4O3. The van der Waals surface area contributed by atoms with Crippen molar-refractivity contribution in [3.63, 3.8) is 0 Å². The van der Waals surface area contributed by atoms with Crippen molar-refractivity contribution in [2.24, 2.45) is 0 Å². The van der Waals surface area contributed by atoms with Crippen molar-refractivity contribution < 1.29 is 14.6 Å². The van der Waals surface area contributed by atoms with E-state index in [9.17, 15) is 9.90 Å². The van der Waals surface area contributed by atoms with Gasteiger partial charge in [-0.05, 0) is 38.2 Å². The Bertz CT molecular complexity index is 789. The first-order valence-electron chi connectivity index (χ1n) is 8.38. The van der Waals surface area contributed by atoms with Gasteiger partial charge in [-0.15, -0.1) is 0 Å². The van der Waals surface area contributed by atoms with Crippen molar-refractivity contribution in [1.82, 2.24) is 19.5 Å². The molecule has 1 N–H and O–H groups in total. The molecule has 1 saturated heterocycles. The quantitative estimate of drug-likeness (QED) is 0.894. The van der Waals surface area contributed by atoms with Crippen LogP contribution in [0.2, 0.25) is 0 Å². The molecule has 0 bridgehead atoms. The number of methoxy groups -OCH3 is 1. The number of fused-ring (bicyclic) bond motifs is 2. The molecule has 3 atom stereocenters. The number of carbonyl (C=O) groups is 1. The highest BCUT2D eigenvalue weighted by Crippen LogP contribution is 2.43. The second-order valence-corrected chi connectivity index (χ2v) is 6.92. The number of nitrogens with zero attached hydrogens (tertiary/aromatic N) is 4. The fourth-order valence-electron chi connectivity index (χ4n) is 4.19. The molecule has 0 radical (unpaired) electrons. The number of aromatic nitrogens is 3. The van der Waals surface area contributed by atoms with Crippen LogP contribution in [0.1, 0.15) is 41.6 Å². The molecule has 1 amide bonds. The Morgan fingerprint density at radius 1 is 1.42 bits per heavy atom. The molecule has 24 heavy (non-hydrogen) atoms. The standard InChI is InChI=1S/C17H22N4O3/c1-11-8-18-15-13(9-19-21(15)10-11)16(23)20-6-5-17(24-2)4-3-12(22)7-14(17)20/h8-10,12,14,22H,3-7H2,1-2H3/t12-,14-,17+/m0/s1. The lowest BCUT2D eigenvalue weighted by Crippen LogP contribution is -2.52. The maximum atomic E-state index is 13.1. The molecule has 2 aromatic heterocycles. The lowest BCUT2D eigenvalue weighted by molar-refractivity contribution is -0.0824. The average molecular weight is 330 g/mol. The number of hydrogen-bond donors (Lipinski definition) is 1. The zero-order valence-corrected chi connectivity index (χ0v) is 14.0. The van der Waals surface area contributed by atoms with Crippen LogP contribution in [0.4, 0.5) is 0 Å². The third-order valence-electron chi connectivity index (χ3n) is 5.54. The molecule has 128 valence electrons. The fourth-order valence-corrected chi connectivity index (χ4v) is 4.19. The number of rotatable bonds is 2. The van der Waals surface area contributed by atoms with Crippen LogP contribution < -0.4 is 0 Å². The van der Waals surface area contributed by atoms with Crippen molar-refractivity contribution in [3.8, 4) is 0 Å². The Kier molecular flexibility index (Phi) is 3.58. The SMILES string of the molecule is CO[C@@]12CC[C@H](O)C[C@@H]1N(C(=O)c1cnn3cc(C)cnc13)CC2. The average Bonchev–Trinajstić information content (AvgIpc) is 3.15. The number of ether oxygens (including phenoxy) is 1. The van der Waals surface area contributed by atoms with Crippen LogP contribution in [-0.4, -0.2) is 61.9 Å². The number of amides is 1. The summed E-state index contributed by atoms with van der Waals surface area (Å²) in [5.74, 6) is -0.0839. The molecule has 1 aliphatic carbocycles. The number of hydrogen-bond acceptors (Lipinski definition) is 5. The first-order chi connectivity index (χ1) is 11.5. The molecule has 1 saturated carbocycles. The van der Waals surface area contributed by atoms with E-state index in [4.69, 9.17) is 4.74 Å². The largest absolute Gasteiger partial charge is 0.393 e. The van der Waals surface area contributed by atoms with Crippen LogP contribution in [0, 0.1) is 6.92 Å². The van der Waals surface area contributed by atoms with Gasteiger partial charge in [0.15, 0.2) is 5.65 Å². The summed E-state index contributed by atoms with van der Waals surface area (Å²) in [5, 5.41) is 14.3. The van der Waals surface area contributed by atoms with E-state index in [1.54, 1.807) is 24.0 Å². The predicted molar refractivity (Wildman–Crippen MR) is 86.8 cm³/mol. The van der Waals surface area contributed by atoms with Crippen molar-refractivity contribution in [1.29, 1.82) is 0 Å². The van der Waals surface area contributed by atoms with Gasteiger partial charge in [0, 0.05) is 26.0 Å². The van der Waals surface area contributed by atoms with Crippen molar-refractivity contribution >= 4 is 11.6 Å². The molecule has 4 rings (SSSR count). The Hall–Kier alpha value is -1.99. The van der Waals surface area contributed by atoms with Crippen molar-refractivity contribution in [3.05, 3.63) is 29.7 Å². The van der Waals surface area contributed by atoms with Gasteiger partial charge in [-0.2, -0.15) is 5.10 Å². The maximum absolute atomic E-state index is 13.1. The predicted octanol–water partition coefficient (Wildman–Crippen LogP) is 1.18. The van der Waals surface area contributed by atoms with Crippen LogP contribution in [0.5, 0.6) is 0 Å². The van der Waals surface area contributed by atoms with Gasteiger partial charge in [-0.1, -0.05) is 0 Å². The first kappa shape index (κ1) is 15.5. The number of aliphatic hydroxyl groups is 1. The van der Waals surface area contributed by atoms with Crippen LogP contribution >= 0.6 is 0 Å². The van der Waals surface area contributed by atoms with E-state index >= 15 is 0 Å². The van der Waals surface area contributed by atoms with Crippen LogP contribution in [-0.2, 0) is 4.74 Å². The van der Waals surface area contributed by atoms with Gasteiger partial charge in [0.2, 0.25) is 0 Å². The molecule has 2 fully saturated rings. The molecule has 0 aromatic carbocycles. The van der Waals surface area contributed by atoms with Gasteiger partial charge in [0.25, 0.3) is 5.91 Å². The Labute approximate surface area is 140 Å². The summed E-state index contributed by atoms with van der Waals surface area (Å²) < 4.78 is 7.45. The minimum absolute atomic E-state index is 0.0839. The molecule has 0 unspecified atom stereocenters. The minimum Gasteiger partial charge on any atom is -0.393 e. The van der Waals surface area contributed by atoms with Gasteiger partial charge in [0.1, 0.15) is 5.56 Å². The second-order valence-electron chi connectivity index (χ2n) is 6.92. The number of likely N-dealkylation sites (tertiary alicyclic amines) is 1. The lowest BCUT2D eigenvalue weighted by atomic mass is 9.79. The molecule has 7 heteroatoms. The Balaban J connectivity index is 1.68. The summed E-state index contributed by atoms with van der Waals surface area (Å²) in [6, 6.07) is -0.0980. The van der Waals surface area contributed by atoms with Crippen molar-refractivity contribution in [2.75, 3.05) is 13.7 Å². The lowest BCUT2D eigenvalue weighted by Gasteiger charge is -2.42. The minimum atomic E-state index is -0.378. The van der Waals surface area contributed by atoms with E-state index in [0.717, 1.165) is 24.8 Å².